The Hall–Kier alpha value is -2.25. The Balaban J connectivity index is 1.33. The minimum Gasteiger partial charge on any atom is -0.322 e. The van der Waals surface area contributed by atoms with Gasteiger partial charge in [0, 0.05) is 31.1 Å². The third-order valence-corrected chi connectivity index (χ3v) is 6.55. The zero-order chi connectivity index (χ0) is 21.1. The molecule has 3 aliphatic heterocycles. The summed E-state index contributed by atoms with van der Waals surface area (Å²) in [7, 11) is 0. The van der Waals surface area contributed by atoms with Crippen molar-refractivity contribution >= 4 is 17.7 Å². The van der Waals surface area contributed by atoms with Gasteiger partial charge >= 0.3 is 0 Å². The third-order valence-electron chi connectivity index (χ3n) is 6.55. The Morgan fingerprint density at radius 2 is 1.93 bits per heavy atom. The van der Waals surface area contributed by atoms with Crippen LogP contribution in [0.4, 0.5) is 0 Å². The third kappa shape index (κ3) is 4.57. The van der Waals surface area contributed by atoms with E-state index < -0.39 is 6.04 Å². The largest absolute Gasteiger partial charge is 0.322 e. The fraction of sp³-hybridized carbons (Fsp3) is 0.609. The lowest BCUT2D eigenvalue weighted by molar-refractivity contribution is -0.136. The molecule has 4 rings (SSSR count). The summed E-state index contributed by atoms with van der Waals surface area (Å²) in [6.45, 7) is 6.84. The zero-order valence-corrected chi connectivity index (χ0v) is 17.8. The van der Waals surface area contributed by atoms with Gasteiger partial charge in [-0.15, -0.1) is 0 Å². The van der Waals surface area contributed by atoms with E-state index in [4.69, 9.17) is 0 Å². The molecule has 3 heterocycles. The number of nitrogens with one attached hydrogen (secondary N) is 2. The molecule has 162 valence electrons. The number of nitrogens with zero attached hydrogens (tertiary/aromatic N) is 2. The van der Waals surface area contributed by atoms with E-state index in [2.05, 4.69) is 28.5 Å². The lowest BCUT2D eigenvalue weighted by Gasteiger charge is -2.32. The average Bonchev–Trinajstić information content (AvgIpc) is 3.05. The number of fused-ring (bicyclic) bond motifs is 1. The van der Waals surface area contributed by atoms with E-state index in [0.717, 1.165) is 31.7 Å². The van der Waals surface area contributed by atoms with Crippen molar-refractivity contribution in [2.75, 3.05) is 19.6 Å². The molecule has 2 fully saturated rings. The van der Waals surface area contributed by atoms with Crippen LogP contribution in [0.2, 0.25) is 0 Å². The van der Waals surface area contributed by atoms with Crippen molar-refractivity contribution in [1.29, 1.82) is 0 Å². The zero-order valence-electron chi connectivity index (χ0n) is 17.8. The molecule has 3 amide bonds. The van der Waals surface area contributed by atoms with E-state index in [-0.39, 0.29) is 24.1 Å². The predicted octanol–water partition coefficient (Wildman–Crippen LogP) is 1.80. The molecule has 7 heteroatoms. The summed E-state index contributed by atoms with van der Waals surface area (Å²) in [5.41, 5.74) is 2.88. The molecule has 1 atom stereocenters. The van der Waals surface area contributed by atoms with Gasteiger partial charge in [0.2, 0.25) is 11.8 Å². The summed E-state index contributed by atoms with van der Waals surface area (Å²) in [5.74, 6) is -0.722. The maximum atomic E-state index is 12.8. The maximum Gasteiger partial charge on any atom is 0.255 e. The van der Waals surface area contributed by atoms with Crippen molar-refractivity contribution in [2.24, 2.45) is 0 Å². The van der Waals surface area contributed by atoms with Crippen LogP contribution in [-0.2, 0) is 22.7 Å². The van der Waals surface area contributed by atoms with E-state index in [1.54, 1.807) is 4.90 Å². The summed E-state index contributed by atoms with van der Waals surface area (Å²) in [6.07, 6.45) is 5.51. The first-order chi connectivity index (χ1) is 14.5. The molecule has 0 spiro atoms. The standard InChI is InChI=1S/C23H32N4O3/c1-2-3-10-24-18-8-11-26(12-9-18)14-16-4-5-19-17(13-16)15-27(23(19)30)20-6-7-21(28)25-22(20)29/h4-5,13,18,20,24H,2-3,6-12,14-15H2,1H3,(H,25,28,29). The molecule has 0 saturated carbocycles. The molecule has 3 aliphatic rings. The van der Waals surface area contributed by atoms with Gasteiger partial charge in [-0.2, -0.15) is 0 Å². The first-order valence-electron chi connectivity index (χ1n) is 11.3. The highest BCUT2D eigenvalue weighted by molar-refractivity contribution is 6.05. The lowest BCUT2D eigenvalue weighted by atomic mass is 10.0. The van der Waals surface area contributed by atoms with Crippen molar-refractivity contribution in [3.05, 3.63) is 34.9 Å². The average molecular weight is 413 g/mol. The highest BCUT2D eigenvalue weighted by Gasteiger charge is 2.39. The Bertz CT molecular complexity index is 817. The molecule has 2 N–H and O–H groups in total. The van der Waals surface area contributed by atoms with Gasteiger partial charge in [0.15, 0.2) is 0 Å². The van der Waals surface area contributed by atoms with Crippen LogP contribution in [0, 0.1) is 0 Å². The van der Waals surface area contributed by atoms with Crippen molar-refractivity contribution in [1.82, 2.24) is 20.4 Å². The monoisotopic (exact) mass is 412 g/mol. The molecular formula is C23H32N4O3. The van der Waals surface area contributed by atoms with Gasteiger partial charge in [-0.3, -0.25) is 24.6 Å². The molecule has 0 radical (unpaired) electrons. The molecule has 0 aliphatic carbocycles. The molecule has 1 aromatic carbocycles. The molecule has 7 nitrogen and oxygen atoms in total. The van der Waals surface area contributed by atoms with E-state index in [1.165, 1.54) is 31.2 Å². The number of imide groups is 1. The maximum absolute atomic E-state index is 12.8. The number of carbonyl (C=O) groups is 3. The number of likely N-dealkylation sites (tertiary alicyclic amines) is 1. The quantitative estimate of drug-likeness (QED) is 0.527. The Labute approximate surface area is 178 Å². The van der Waals surface area contributed by atoms with Gasteiger partial charge in [-0.25, -0.2) is 0 Å². The van der Waals surface area contributed by atoms with Crippen LogP contribution in [0.1, 0.15) is 66.9 Å². The first kappa shape index (κ1) is 21.0. The van der Waals surface area contributed by atoms with Gasteiger partial charge in [0.05, 0.1) is 0 Å². The van der Waals surface area contributed by atoms with E-state index in [1.807, 2.05) is 12.1 Å². The predicted molar refractivity (Wildman–Crippen MR) is 114 cm³/mol. The number of unbranched alkanes of at least 4 members (excludes halogenated alkanes) is 1. The van der Waals surface area contributed by atoms with Crippen LogP contribution < -0.4 is 10.6 Å². The first-order valence-corrected chi connectivity index (χ1v) is 11.3. The van der Waals surface area contributed by atoms with Crippen molar-refractivity contribution in [3.8, 4) is 0 Å². The van der Waals surface area contributed by atoms with Gasteiger partial charge < -0.3 is 10.2 Å². The van der Waals surface area contributed by atoms with Crippen LogP contribution >= 0.6 is 0 Å². The highest BCUT2D eigenvalue weighted by atomic mass is 16.2. The molecule has 1 unspecified atom stereocenters. The van der Waals surface area contributed by atoms with Gasteiger partial charge in [-0.1, -0.05) is 25.5 Å². The number of hydrogen-bond acceptors (Lipinski definition) is 5. The summed E-state index contributed by atoms with van der Waals surface area (Å²) < 4.78 is 0. The summed E-state index contributed by atoms with van der Waals surface area (Å²) in [5, 5.41) is 6.02. The summed E-state index contributed by atoms with van der Waals surface area (Å²) in [6, 6.07) is 6.14. The fourth-order valence-corrected chi connectivity index (χ4v) is 4.76. The van der Waals surface area contributed by atoms with E-state index in [0.29, 0.717) is 24.6 Å². The topological polar surface area (TPSA) is 81.8 Å². The van der Waals surface area contributed by atoms with Crippen LogP contribution in [0.25, 0.3) is 0 Å². The van der Waals surface area contributed by atoms with Crippen molar-refractivity contribution in [3.63, 3.8) is 0 Å². The number of piperidine rings is 2. The summed E-state index contributed by atoms with van der Waals surface area (Å²) >= 11 is 0. The lowest BCUT2D eigenvalue weighted by Crippen LogP contribution is -2.52. The Morgan fingerprint density at radius 1 is 1.13 bits per heavy atom. The number of rotatable bonds is 7. The molecule has 0 aromatic heterocycles. The van der Waals surface area contributed by atoms with Crippen LogP contribution in [-0.4, -0.2) is 59.2 Å². The van der Waals surface area contributed by atoms with Crippen molar-refractivity contribution < 1.29 is 14.4 Å². The van der Waals surface area contributed by atoms with Crippen molar-refractivity contribution in [2.45, 2.75) is 70.6 Å². The number of amides is 3. The molecule has 30 heavy (non-hydrogen) atoms. The van der Waals surface area contributed by atoms with E-state index in [9.17, 15) is 14.4 Å². The molecule has 2 saturated heterocycles. The Kier molecular flexibility index (Phi) is 6.49. The van der Waals surface area contributed by atoms with Crippen LogP contribution in [0.5, 0.6) is 0 Å². The van der Waals surface area contributed by atoms with Crippen LogP contribution in [0.15, 0.2) is 18.2 Å². The minimum absolute atomic E-state index is 0.106. The molecule has 1 aromatic rings. The second-order valence-corrected chi connectivity index (χ2v) is 8.75. The van der Waals surface area contributed by atoms with Crippen LogP contribution in [0.3, 0.4) is 0 Å². The van der Waals surface area contributed by atoms with E-state index >= 15 is 0 Å². The highest BCUT2D eigenvalue weighted by Crippen LogP contribution is 2.28. The smallest absolute Gasteiger partial charge is 0.255 e. The van der Waals surface area contributed by atoms with Gasteiger partial charge in [-0.05, 0) is 62.5 Å². The SMILES string of the molecule is CCCCNC1CCN(Cc2ccc3c(c2)CN(C2CCC(=O)NC2=O)C3=O)CC1. The number of hydrogen-bond donors (Lipinski definition) is 2. The number of carbonyl (C=O) groups excluding carboxylic acids is 3. The number of benzene rings is 1. The second kappa shape index (κ2) is 9.27. The molecular weight excluding hydrogens is 380 g/mol. The summed E-state index contributed by atoms with van der Waals surface area (Å²) in [4.78, 5) is 40.5. The second-order valence-electron chi connectivity index (χ2n) is 8.75. The molecule has 0 bridgehead atoms. The fourth-order valence-electron chi connectivity index (χ4n) is 4.76. The van der Waals surface area contributed by atoms with Gasteiger partial charge in [0.1, 0.15) is 6.04 Å². The minimum atomic E-state index is -0.551. The Morgan fingerprint density at radius 3 is 2.67 bits per heavy atom. The van der Waals surface area contributed by atoms with Gasteiger partial charge in [0.25, 0.3) is 5.91 Å². The normalized spacial score (nSPS) is 23.0.